The number of rotatable bonds is 22. The van der Waals surface area contributed by atoms with Crippen molar-refractivity contribution in [2.75, 3.05) is 13.2 Å². The summed E-state index contributed by atoms with van der Waals surface area (Å²) in [6, 6.07) is 15.4. The molecule has 276 valence electrons. The van der Waals surface area contributed by atoms with Crippen LogP contribution in [0.5, 0.6) is 11.5 Å². The van der Waals surface area contributed by atoms with Crippen molar-refractivity contribution in [1.29, 1.82) is 0 Å². The molecule has 0 unspecified atom stereocenters. The number of halogens is 4. The third kappa shape index (κ3) is 13.9. The maximum atomic E-state index is 15.1. The molecule has 0 aromatic heterocycles. The van der Waals surface area contributed by atoms with Gasteiger partial charge in [0.25, 0.3) is 0 Å². The second-order valence-corrected chi connectivity index (χ2v) is 12.7. The van der Waals surface area contributed by atoms with Crippen LogP contribution in [0.25, 0.3) is 0 Å². The Morgan fingerprint density at radius 3 is 1.41 bits per heavy atom. The van der Waals surface area contributed by atoms with Crippen molar-refractivity contribution in [2.24, 2.45) is 0 Å². The van der Waals surface area contributed by atoms with Crippen LogP contribution in [0.2, 0.25) is 0 Å². The molecule has 3 rings (SSSR count). The van der Waals surface area contributed by atoms with Crippen LogP contribution in [0.3, 0.4) is 0 Å². The second kappa shape index (κ2) is 19.7. The molecule has 0 bridgehead atoms. The number of aryl methyl sites for hydroxylation is 3. The average Bonchev–Trinajstić information content (AvgIpc) is 3.08. The number of carbonyl (C=O) groups excluding carboxylic acids is 2. The molecule has 0 N–H and O–H groups in total. The standard InChI is InChI=1S/C41H48F4O6/c1-29(2)38(46)48-26-12-8-6-10-14-32-16-20-34(21-17-32)40(42,43)50-36-24-25-37(31(5)28-36)51-41(44,45)35-22-18-33(19-23-35)15-11-7-9-13-27-49-39(47)30(3)4/h16-25,28H,1,3,6-15,26-27H2,2,4-5H3. The highest BCUT2D eigenvalue weighted by atomic mass is 19.3. The summed E-state index contributed by atoms with van der Waals surface area (Å²) < 4.78 is 80.4. The summed E-state index contributed by atoms with van der Waals surface area (Å²) in [4.78, 5) is 22.8. The number of hydrogen-bond donors (Lipinski definition) is 0. The van der Waals surface area contributed by atoms with Gasteiger partial charge < -0.3 is 18.9 Å². The normalized spacial score (nSPS) is 11.5. The predicted molar refractivity (Wildman–Crippen MR) is 189 cm³/mol. The number of ether oxygens (including phenoxy) is 4. The van der Waals surface area contributed by atoms with Crippen molar-refractivity contribution >= 4 is 11.9 Å². The minimum Gasteiger partial charge on any atom is -0.462 e. The molecule has 0 saturated heterocycles. The number of unbranched alkanes of at least 4 members (excludes halogenated alkanes) is 6. The van der Waals surface area contributed by atoms with Crippen LogP contribution in [-0.4, -0.2) is 25.2 Å². The lowest BCUT2D eigenvalue weighted by molar-refractivity contribution is -0.188. The number of carbonyl (C=O) groups is 2. The third-order valence-electron chi connectivity index (χ3n) is 8.09. The van der Waals surface area contributed by atoms with E-state index in [1.54, 1.807) is 38.1 Å². The highest BCUT2D eigenvalue weighted by Gasteiger charge is 2.36. The van der Waals surface area contributed by atoms with Gasteiger partial charge in [-0.1, -0.05) is 63.1 Å². The quantitative estimate of drug-likeness (QED) is 0.0447. The molecular weight excluding hydrogens is 664 g/mol. The van der Waals surface area contributed by atoms with Crippen LogP contribution in [0.4, 0.5) is 17.6 Å². The van der Waals surface area contributed by atoms with Crippen LogP contribution in [0.15, 0.2) is 91.0 Å². The molecule has 0 fully saturated rings. The molecule has 0 heterocycles. The van der Waals surface area contributed by atoms with Gasteiger partial charge in [0.1, 0.15) is 11.5 Å². The number of esters is 2. The molecule has 6 nitrogen and oxygen atoms in total. The minimum atomic E-state index is -3.65. The van der Waals surface area contributed by atoms with Gasteiger partial charge in [-0.2, -0.15) is 17.6 Å². The first kappa shape index (κ1) is 40.8. The molecule has 0 amide bonds. The Balaban J connectivity index is 1.44. The van der Waals surface area contributed by atoms with Crippen molar-refractivity contribution in [1.82, 2.24) is 0 Å². The van der Waals surface area contributed by atoms with Crippen LogP contribution in [0.1, 0.15) is 93.0 Å². The molecule has 0 spiro atoms. The first-order chi connectivity index (χ1) is 24.2. The number of hydrogen-bond acceptors (Lipinski definition) is 6. The Morgan fingerprint density at radius 2 is 1.00 bits per heavy atom. The maximum absolute atomic E-state index is 15.1. The fraction of sp³-hybridized carbons (Fsp3) is 0.415. The van der Waals surface area contributed by atoms with Crippen LogP contribution in [-0.2, 0) is 44.1 Å². The van der Waals surface area contributed by atoms with E-state index in [1.165, 1.54) is 49.4 Å². The molecule has 0 aliphatic carbocycles. The Kier molecular flexibility index (Phi) is 15.8. The van der Waals surface area contributed by atoms with Gasteiger partial charge in [0, 0.05) is 11.1 Å². The van der Waals surface area contributed by atoms with Crippen LogP contribution < -0.4 is 9.47 Å². The topological polar surface area (TPSA) is 71.1 Å². The number of benzene rings is 3. The SMILES string of the molecule is C=C(C)C(=O)OCCCCCCc1ccc(C(F)(F)Oc2ccc(OC(F)(F)c3ccc(CCCCCCOC(=O)C(=C)C)cc3)c(C)c2)cc1. The Labute approximate surface area is 298 Å². The fourth-order valence-corrected chi connectivity index (χ4v) is 5.08. The summed E-state index contributed by atoms with van der Waals surface area (Å²) >= 11 is 0. The van der Waals surface area contributed by atoms with Gasteiger partial charge in [-0.25, -0.2) is 9.59 Å². The second-order valence-electron chi connectivity index (χ2n) is 12.7. The van der Waals surface area contributed by atoms with Crippen molar-refractivity contribution in [3.8, 4) is 11.5 Å². The highest BCUT2D eigenvalue weighted by Crippen LogP contribution is 2.37. The van der Waals surface area contributed by atoms with Crippen LogP contribution in [0, 0.1) is 6.92 Å². The lowest BCUT2D eigenvalue weighted by Gasteiger charge is -2.22. The zero-order chi connectivity index (χ0) is 37.4. The van der Waals surface area contributed by atoms with E-state index in [1.807, 2.05) is 0 Å². The van der Waals surface area contributed by atoms with Gasteiger partial charge in [-0.15, -0.1) is 0 Å². The summed E-state index contributed by atoms with van der Waals surface area (Å²) in [7, 11) is 0. The van der Waals surface area contributed by atoms with Crippen molar-refractivity contribution in [3.05, 3.63) is 119 Å². The first-order valence-corrected chi connectivity index (χ1v) is 17.3. The lowest BCUT2D eigenvalue weighted by Crippen LogP contribution is -2.23. The summed E-state index contributed by atoms with van der Waals surface area (Å²) in [5, 5.41) is 0. The van der Waals surface area contributed by atoms with Gasteiger partial charge in [-0.3, -0.25) is 0 Å². The Morgan fingerprint density at radius 1 is 0.588 bits per heavy atom. The summed E-state index contributed by atoms with van der Waals surface area (Å²) in [5.74, 6) is -1.14. The van der Waals surface area contributed by atoms with Crippen molar-refractivity contribution in [3.63, 3.8) is 0 Å². The molecule has 51 heavy (non-hydrogen) atoms. The highest BCUT2D eigenvalue weighted by molar-refractivity contribution is 5.87. The number of alkyl halides is 4. The van der Waals surface area contributed by atoms with E-state index in [2.05, 4.69) is 13.2 Å². The molecule has 0 radical (unpaired) electrons. The summed E-state index contributed by atoms with van der Waals surface area (Å²) in [6.07, 6.45) is 0.898. The van der Waals surface area contributed by atoms with Gasteiger partial charge in [0.15, 0.2) is 0 Å². The van der Waals surface area contributed by atoms with Crippen molar-refractivity contribution in [2.45, 2.75) is 97.2 Å². The molecule has 10 heteroatoms. The van der Waals surface area contributed by atoms with E-state index >= 15 is 17.6 Å². The van der Waals surface area contributed by atoms with E-state index in [9.17, 15) is 9.59 Å². The van der Waals surface area contributed by atoms with Gasteiger partial charge in [0.2, 0.25) is 0 Å². The largest absolute Gasteiger partial charge is 0.462 e. The first-order valence-electron chi connectivity index (χ1n) is 17.3. The van der Waals surface area contributed by atoms with Crippen LogP contribution >= 0.6 is 0 Å². The molecular formula is C41H48F4O6. The van der Waals surface area contributed by atoms with Gasteiger partial charge in [-0.05, 0) is 118 Å². The van der Waals surface area contributed by atoms with E-state index in [0.29, 0.717) is 37.2 Å². The Hall–Kier alpha value is -4.60. The monoisotopic (exact) mass is 712 g/mol. The molecule has 3 aromatic rings. The van der Waals surface area contributed by atoms with E-state index in [0.717, 1.165) is 62.5 Å². The van der Waals surface area contributed by atoms with E-state index < -0.39 is 24.2 Å². The fourth-order valence-electron chi connectivity index (χ4n) is 5.08. The van der Waals surface area contributed by atoms with E-state index in [-0.39, 0.29) is 28.2 Å². The average molecular weight is 713 g/mol. The zero-order valence-electron chi connectivity index (χ0n) is 29.7. The molecule has 0 atom stereocenters. The minimum absolute atomic E-state index is 0.161. The van der Waals surface area contributed by atoms with Crippen molar-refractivity contribution < 1.29 is 46.1 Å². The molecule has 0 saturated carbocycles. The lowest BCUT2D eigenvalue weighted by atomic mass is 10.0. The molecule has 0 aliphatic rings. The van der Waals surface area contributed by atoms with Gasteiger partial charge >= 0.3 is 24.2 Å². The predicted octanol–water partition coefficient (Wildman–Crippen LogP) is 10.7. The Bertz CT molecular complexity index is 1600. The molecule has 0 aliphatic heterocycles. The third-order valence-corrected chi connectivity index (χ3v) is 8.09. The smallest absolute Gasteiger partial charge is 0.426 e. The van der Waals surface area contributed by atoms with E-state index in [4.69, 9.17) is 18.9 Å². The zero-order valence-corrected chi connectivity index (χ0v) is 29.7. The maximum Gasteiger partial charge on any atom is 0.426 e. The molecule has 3 aromatic carbocycles. The van der Waals surface area contributed by atoms with Gasteiger partial charge in [0.05, 0.1) is 24.3 Å². The summed E-state index contributed by atoms with van der Waals surface area (Å²) in [5.41, 5.74) is 2.09. The summed E-state index contributed by atoms with van der Waals surface area (Å²) in [6.45, 7) is 12.4.